The first-order valence-electron chi connectivity index (χ1n) is 27.3. The lowest BCUT2D eigenvalue weighted by Crippen LogP contribution is -2.16. The third-order valence-corrected chi connectivity index (χ3v) is 14.1. The molecule has 0 radical (unpaired) electrons. The highest BCUT2D eigenvalue weighted by Crippen LogP contribution is 2.21. The third-order valence-electron chi connectivity index (χ3n) is 12.3. The molecule has 0 spiro atoms. The van der Waals surface area contributed by atoms with Gasteiger partial charge < -0.3 is 35.6 Å². The Kier molecular flexibility index (Phi) is 23.1. The number of carboxylic acids is 1. The van der Waals surface area contributed by atoms with Crippen LogP contribution in [-0.2, 0) is 83.4 Å². The lowest BCUT2D eigenvalue weighted by atomic mass is 10.1. The van der Waals surface area contributed by atoms with E-state index in [4.69, 9.17) is 19.7 Å². The quantitative estimate of drug-likeness (QED) is 0.0334. The topological polar surface area (TPSA) is 332 Å². The number of carbonyl (C=O) groups is 4. The summed E-state index contributed by atoms with van der Waals surface area (Å²) in [6, 6.07) is 41.6. The zero-order valence-corrected chi connectivity index (χ0v) is 48.4. The molecule has 25 heteroatoms. The molecule has 0 aliphatic carbocycles. The fourth-order valence-corrected chi connectivity index (χ4v) is 9.94. The maximum absolute atomic E-state index is 12.6. The summed E-state index contributed by atoms with van der Waals surface area (Å²) >= 11 is 2.82. The van der Waals surface area contributed by atoms with Gasteiger partial charge in [0.25, 0.3) is 0 Å². The van der Waals surface area contributed by atoms with Gasteiger partial charge in [0, 0.05) is 26.7 Å². The summed E-state index contributed by atoms with van der Waals surface area (Å²) in [5, 5.41) is 68.3. The van der Waals surface area contributed by atoms with E-state index in [1.807, 2.05) is 115 Å². The van der Waals surface area contributed by atoms with Gasteiger partial charge in [0.1, 0.15) is 15.8 Å². The van der Waals surface area contributed by atoms with Crippen LogP contribution < -0.4 is 21.7 Å². The van der Waals surface area contributed by atoms with Crippen LogP contribution in [0, 0.1) is 13.8 Å². The fourth-order valence-electron chi connectivity index (χ4n) is 8.34. The number of benzene rings is 4. The second-order valence-corrected chi connectivity index (χ2v) is 21.5. The summed E-state index contributed by atoms with van der Waals surface area (Å²) in [6.45, 7) is 3.49. The number of aryl methyl sites for hydroxylation is 6. The van der Waals surface area contributed by atoms with Crippen molar-refractivity contribution in [3.63, 3.8) is 0 Å². The van der Waals surface area contributed by atoms with Crippen LogP contribution in [0.1, 0.15) is 104 Å². The number of rotatable bonds is 25. The van der Waals surface area contributed by atoms with Crippen molar-refractivity contribution in [2.75, 3.05) is 21.7 Å². The Morgan fingerprint density at radius 3 is 1.32 bits per heavy atom. The summed E-state index contributed by atoms with van der Waals surface area (Å²) < 4.78 is 10.7. The van der Waals surface area contributed by atoms with Crippen molar-refractivity contribution >= 4 is 68.3 Å². The Hall–Kier alpha value is -9.88. The molecular formula is C60H62N16O7S2. The first kappa shape index (κ1) is 61.2. The van der Waals surface area contributed by atoms with E-state index in [0.717, 1.165) is 106 Å². The van der Waals surface area contributed by atoms with Gasteiger partial charge in [-0.15, -0.1) is 51.0 Å². The maximum Gasteiger partial charge on any atom is 0.307 e. The van der Waals surface area contributed by atoms with Gasteiger partial charge >= 0.3 is 5.97 Å². The monoisotopic (exact) mass is 1180 g/mol. The molecule has 0 unspecified atom stereocenters. The third kappa shape index (κ3) is 22.1. The smallest absolute Gasteiger partial charge is 0.307 e. The molecule has 0 saturated heterocycles. The highest BCUT2D eigenvalue weighted by atomic mass is 32.1. The van der Waals surface area contributed by atoms with Crippen molar-refractivity contribution in [1.82, 2.24) is 61.2 Å². The van der Waals surface area contributed by atoms with Crippen LogP contribution in [0.25, 0.3) is 0 Å². The van der Waals surface area contributed by atoms with Crippen LogP contribution in [-0.4, -0.2) is 90.0 Å². The average molecular weight is 1180 g/mol. The summed E-state index contributed by atoms with van der Waals surface area (Å²) in [6.07, 6.45) is 8.86. The van der Waals surface area contributed by atoms with E-state index in [-0.39, 0.29) is 30.6 Å². The van der Waals surface area contributed by atoms with E-state index < -0.39 is 5.97 Å². The van der Waals surface area contributed by atoms with Crippen molar-refractivity contribution in [2.45, 2.75) is 104 Å². The first-order valence-corrected chi connectivity index (χ1v) is 28.9. The molecule has 6 N–H and O–H groups in total. The van der Waals surface area contributed by atoms with Gasteiger partial charge in [-0.1, -0.05) is 132 Å². The Morgan fingerprint density at radius 2 is 0.871 bits per heavy atom. The van der Waals surface area contributed by atoms with Gasteiger partial charge in [0.05, 0.1) is 49.9 Å². The SMILES string of the molecule is Cc1nnc(Cc2cccc(CC(=O)Nc3ccc(CCCCc4nnc(NC(=O)Cc5ccccc5)s4)nn3)c2)o1.Cc1nnc(Cc2cccc(CC(=O)O)c2)o1.Nc1ccc(CCCCc2nnc(NC(=O)Cc3ccccc3)s2)nn1. The van der Waals surface area contributed by atoms with Gasteiger partial charge in [-0.05, 0) is 96.2 Å². The number of nitrogen functional groups attached to an aromatic ring is 1. The minimum atomic E-state index is -0.837. The van der Waals surface area contributed by atoms with Crippen molar-refractivity contribution in [3.05, 3.63) is 212 Å². The maximum atomic E-state index is 12.6. The number of hydrogen-bond donors (Lipinski definition) is 5. The Labute approximate surface area is 497 Å². The van der Waals surface area contributed by atoms with Crippen LogP contribution >= 0.6 is 22.7 Å². The number of carboxylic acid groups (broad SMARTS) is 1. The van der Waals surface area contributed by atoms with Gasteiger partial charge in [-0.25, -0.2) is 0 Å². The Balaban J connectivity index is 0.000000185. The van der Waals surface area contributed by atoms with E-state index in [2.05, 4.69) is 77.1 Å². The van der Waals surface area contributed by atoms with Crippen molar-refractivity contribution < 1.29 is 33.1 Å². The predicted molar refractivity (Wildman–Crippen MR) is 319 cm³/mol. The largest absolute Gasteiger partial charge is 0.481 e. The van der Waals surface area contributed by atoms with Crippen LogP contribution in [0.3, 0.4) is 0 Å². The van der Waals surface area contributed by atoms with Crippen molar-refractivity contribution in [3.8, 4) is 0 Å². The highest BCUT2D eigenvalue weighted by molar-refractivity contribution is 7.15. The normalized spacial score (nSPS) is 10.7. The van der Waals surface area contributed by atoms with E-state index in [1.165, 1.54) is 22.7 Å². The standard InChI is InChI=1S/C30H30N8O3S.C18H20N6OS.C12H12N2O3/c1-20-33-36-28(41-20)19-23-11-7-10-22(16-23)18-26(39)31-25-15-14-24(34-35-25)12-5-6-13-29-37-38-30(42-29)32-27(40)17-21-8-3-2-4-9-21;19-15-11-10-14(21-22-15)8-4-5-9-17-23-24-18(26-17)20-16(25)12-13-6-2-1-3-7-13;1-8-13-14-11(17-8)6-9-3-2-4-10(5-9)7-12(15)16/h2-4,7-11,14-16H,5-6,12-13,17-19H2,1H3,(H,31,35,39)(H,32,38,40);1-3,6-7,10-11H,4-5,8-9,12H2,(H2,19,22)(H,20,24,25);2-5H,6-7H2,1H3,(H,15,16). The van der Waals surface area contributed by atoms with Gasteiger partial charge in [-0.2, -0.15) is 10.2 Å². The molecule has 85 heavy (non-hydrogen) atoms. The van der Waals surface area contributed by atoms with E-state index in [1.54, 1.807) is 32.0 Å². The van der Waals surface area contributed by atoms with Crippen molar-refractivity contribution in [2.24, 2.45) is 0 Å². The molecule has 0 fully saturated rings. The summed E-state index contributed by atoms with van der Waals surface area (Å²) in [4.78, 5) is 47.4. The number of nitrogens with one attached hydrogen (secondary N) is 3. The number of nitrogens with zero attached hydrogens (tertiary/aromatic N) is 12. The summed E-state index contributed by atoms with van der Waals surface area (Å²) in [5.74, 6) is 1.78. The van der Waals surface area contributed by atoms with Gasteiger partial charge in [0.2, 0.25) is 51.5 Å². The van der Waals surface area contributed by atoms with Crippen LogP contribution in [0.2, 0.25) is 0 Å². The molecule has 0 saturated carbocycles. The molecule has 6 heterocycles. The summed E-state index contributed by atoms with van der Waals surface area (Å²) in [7, 11) is 0. The first-order chi connectivity index (χ1) is 41.3. The highest BCUT2D eigenvalue weighted by Gasteiger charge is 2.13. The molecule has 10 aromatic rings. The second-order valence-electron chi connectivity index (χ2n) is 19.4. The molecular weight excluding hydrogens is 1120 g/mol. The second kappa shape index (κ2) is 32.1. The number of aromatic nitrogens is 12. The Bertz CT molecular complexity index is 3710. The van der Waals surface area contributed by atoms with Gasteiger partial charge in [0.15, 0.2) is 5.82 Å². The Morgan fingerprint density at radius 1 is 0.435 bits per heavy atom. The molecule has 23 nitrogen and oxygen atoms in total. The number of carbonyl (C=O) groups excluding carboxylic acids is 3. The molecule has 0 atom stereocenters. The number of anilines is 4. The average Bonchev–Trinajstić information content (AvgIpc) is 4.47. The summed E-state index contributed by atoms with van der Waals surface area (Å²) in [5.41, 5.74) is 12.8. The molecule has 3 amide bonds. The number of nitrogens with two attached hydrogens (primary N) is 1. The van der Waals surface area contributed by atoms with Crippen LogP contribution in [0.4, 0.5) is 21.9 Å². The molecule has 4 aromatic carbocycles. The molecule has 436 valence electrons. The zero-order valence-electron chi connectivity index (χ0n) is 46.8. The lowest BCUT2D eigenvalue weighted by Gasteiger charge is -2.06. The van der Waals surface area contributed by atoms with E-state index in [0.29, 0.717) is 71.1 Å². The van der Waals surface area contributed by atoms with E-state index in [9.17, 15) is 19.2 Å². The number of hydrogen-bond acceptors (Lipinski definition) is 21. The fraction of sp³-hybridized carbons (Fsp3) is 0.267. The molecule has 0 bridgehead atoms. The number of unbranched alkanes of at least 4 members (excludes halogenated alkanes) is 2. The minimum Gasteiger partial charge on any atom is -0.481 e. The molecule has 0 aliphatic heterocycles. The minimum absolute atomic E-state index is 0.0245. The zero-order chi connectivity index (χ0) is 59.6. The van der Waals surface area contributed by atoms with Gasteiger partial charge in [-0.3, -0.25) is 19.2 Å². The van der Waals surface area contributed by atoms with Crippen molar-refractivity contribution in [1.29, 1.82) is 0 Å². The van der Waals surface area contributed by atoms with Crippen LogP contribution in [0.15, 0.2) is 142 Å². The predicted octanol–water partition coefficient (Wildman–Crippen LogP) is 8.79. The molecule has 0 aliphatic rings. The molecule has 10 rings (SSSR count). The lowest BCUT2D eigenvalue weighted by molar-refractivity contribution is -0.136. The number of amides is 3. The van der Waals surface area contributed by atoms with E-state index >= 15 is 0 Å². The van der Waals surface area contributed by atoms with Crippen LogP contribution in [0.5, 0.6) is 0 Å². The molecule has 6 aromatic heterocycles. The number of aliphatic carboxylic acids is 1.